The van der Waals surface area contributed by atoms with Crippen LogP contribution in [0.15, 0.2) is 88.5 Å². The minimum Gasteiger partial charge on any atom is -0.504 e. The second-order valence-corrected chi connectivity index (χ2v) is 8.17. The molecule has 0 saturated carbocycles. The van der Waals surface area contributed by atoms with E-state index < -0.39 is 23.5 Å². The molecular formula is C26H18ClNO6. The lowest BCUT2D eigenvalue weighted by Gasteiger charge is -2.27. The number of aliphatic hydroxyl groups excluding tert-OH is 1. The van der Waals surface area contributed by atoms with Crippen LogP contribution < -0.4 is 9.64 Å². The number of rotatable bonds is 5. The van der Waals surface area contributed by atoms with Gasteiger partial charge in [0.25, 0.3) is 5.91 Å². The zero-order chi connectivity index (χ0) is 24.0. The van der Waals surface area contributed by atoms with Crippen molar-refractivity contribution in [2.45, 2.75) is 6.04 Å². The normalized spacial score (nSPS) is 15.9. The smallest absolute Gasteiger partial charge is 0.294 e. The Bertz CT molecular complexity index is 1450. The number of phenolic OH excluding ortho intramolecular Hbond substituents is 1. The number of Topliss-reactive ketones (excluding diaryl/α,β-unsaturated/α-hetero) is 1. The van der Waals surface area contributed by atoms with Crippen LogP contribution in [-0.2, 0) is 4.79 Å². The number of carbonyl (C=O) groups is 2. The molecule has 5 rings (SSSR count). The summed E-state index contributed by atoms with van der Waals surface area (Å²) in [5.74, 6) is -2.10. The number of aliphatic hydroxyl groups is 1. The Morgan fingerprint density at radius 2 is 1.82 bits per heavy atom. The number of hydrogen-bond donors (Lipinski definition) is 2. The number of methoxy groups -OCH3 is 1. The second-order valence-electron chi connectivity index (χ2n) is 7.73. The van der Waals surface area contributed by atoms with Crippen LogP contribution in [0.3, 0.4) is 0 Å². The van der Waals surface area contributed by atoms with Crippen LogP contribution in [0.2, 0.25) is 5.02 Å². The fourth-order valence-electron chi connectivity index (χ4n) is 4.15. The topological polar surface area (TPSA) is 100 Å². The summed E-state index contributed by atoms with van der Waals surface area (Å²) in [4.78, 5) is 28.1. The van der Waals surface area contributed by atoms with E-state index in [0.29, 0.717) is 27.2 Å². The van der Waals surface area contributed by atoms with Crippen molar-refractivity contribution in [1.29, 1.82) is 0 Å². The maximum atomic E-state index is 13.6. The van der Waals surface area contributed by atoms with Gasteiger partial charge in [0.1, 0.15) is 5.58 Å². The Labute approximate surface area is 199 Å². The number of anilines is 1. The van der Waals surface area contributed by atoms with Gasteiger partial charge in [-0.05, 0) is 48.0 Å². The van der Waals surface area contributed by atoms with E-state index in [-0.39, 0.29) is 22.8 Å². The highest BCUT2D eigenvalue weighted by Gasteiger charge is 2.45. The van der Waals surface area contributed by atoms with E-state index in [0.717, 1.165) is 0 Å². The lowest BCUT2D eigenvalue weighted by atomic mass is 9.94. The number of benzene rings is 3. The van der Waals surface area contributed by atoms with Gasteiger partial charge in [0.05, 0.1) is 18.7 Å². The van der Waals surface area contributed by atoms with Crippen molar-refractivity contribution in [3.8, 4) is 11.5 Å². The van der Waals surface area contributed by atoms with Gasteiger partial charge < -0.3 is 19.4 Å². The average molecular weight is 476 g/mol. The third kappa shape index (κ3) is 3.47. The summed E-state index contributed by atoms with van der Waals surface area (Å²) in [6, 6.07) is 18.6. The van der Waals surface area contributed by atoms with E-state index in [4.69, 9.17) is 20.8 Å². The molecule has 34 heavy (non-hydrogen) atoms. The van der Waals surface area contributed by atoms with E-state index in [1.807, 2.05) is 6.07 Å². The van der Waals surface area contributed by atoms with Crippen molar-refractivity contribution in [3.63, 3.8) is 0 Å². The monoisotopic (exact) mass is 475 g/mol. The highest BCUT2D eigenvalue weighted by molar-refractivity contribution is 6.31. The molecule has 0 spiro atoms. The van der Waals surface area contributed by atoms with Crippen LogP contribution in [0.1, 0.15) is 22.2 Å². The zero-order valence-electron chi connectivity index (χ0n) is 17.9. The quantitative estimate of drug-likeness (QED) is 0.365. The molecule has 1 aromatic heterocycles. The Hall–Kier alpha value is -4.23. The molecule has 2 N–H and O–H groups in total. The van der Waals surface area contributed by atoms with Gasteiger partial charge in [-0.3, -0.25) is 14.5 Å². The second kappa shape index (κ2) is 8.28. The molecule has 1 atom stereocenters. The number of carbonyl (C=O) groups excluding carboxylic acids is 2. The first-order chi connectivity index (χ1) is 16.4. The summed E-state index contributed by atoms with van der Waals surface area (Å²) in [5, 5.41) is 22.3. The molecule has 0 aliphatic carbocycles. The minimum absolute atomic E-state index is 0.0220. The molecule has 0 saturated heterocycles. The number of phenols is 1. The van der Waals surface area contributed by atoms with Crippen LogP contribution >= 0.6 is 11.6 Å². The zero-order valence-corrected chi connectivity index (χ0v) is 18.6. The van der Waals surface area contributed by atoms with Crippen molar-refractivity contribution in [3.05, 3.63) is 100 Å². The van der Waals surface area contributed by atoms with E-state index >= 15 is 0 Å². The van der Waals surface area contributed by atoms with E-state index in [1.54, 1.807) is 54.6 Å². The average Bonchev–Trinajstić information content (AvgIpc) is 3.38. The fourth-order valence-corrected chi connectivity index (χ4v) is 4.33. The van der Waals surface area contributed by atoms with Crippen LogP contribution in [0.4, 0.5) is 5.69 Å². The third-order valence-electron chi connectivity index (χ3n) is 5.71. The van der Waals surface area contributed by atoms with Gasteiger partial charge in [-0.2, -0.15) is 0 Å². The predicted molar refractivity (Wildman–Crippen MR) is 127 cm³/mol. The van der Waals surface area contributed by atoms with E-state index in [1.165, 1.54) is 24.1 Å². The highest BCUT2D eigenvalue weighted by Crippen LogP contribution is 2.44. The Balaban J connectivity index is 1.68. The summed E-state index contributed by atoms with van der Waals surface area (Å²) in [7, 11) is 1.41. The number of para-hydroxylation sites is 1. The lowest BCUT2D eigenvalue weighted by molar-refractivity contribution is -0.117. The van der Waals surface area contributed by atoms with Gasteiger partial charge >= 0.3 is 0 Å². The van der Waals surface area contributed by atoms with Gasteiger partial charge in [-0.25, -0.2) is 0 Å². The molecule has 3 aromatic carbocycles. The first-order valence-corrected chi connectivity index (χ1v) is 10.7. The van der Waals surface area contributed by atoms with E-state index in [2.05, 4.69) is 0 Å². The summed E-state index contributed by atoms with van der Waals surface area (Å²) < 4.78 is 10.8. The van der Waals surface area contributed by atoms with Crippen LogP contribution in [0.25, 0.3) is 11.0 Å². The lowest BCUT2D eigenvalue weighted by Crippen LogP contribution is -2.31. The number of fused-ring (bicyclic) bond motifs is 1. The first kappa shape index (κ1) is 21.6. The minimum atomic E-state index is -1.05. The summed E-state index contributed by atoms with van der Waals surface area (Å²) >= 11 is 6.15. The molecule has 7 nitrogen and oxygen atoms in total. The van der Waals surface area contributed by atoms with Crippen LogP contribution in [-0.4, -0.2) is 29.0 Å². The van der Waals surface area contributed by atoms with E-state index in [9.17, 15) is 19.8 Å². The van der Waals surface area contributed by atoms with Crippen molar-refractivity contribution < 1.29 is 29.0 Å². The predicted octanol–water partition coefficient (Wildman–Crippen LogP) is 5.58. The number of halogens is 1. The molecule has 0 fully saturated rings. The summed E-state index contributed by atoms with van der Waals surface area (Å²) in [6.07, 6.45) is 0. The van der Waals surface area contributed by atoms with Crippen molar-refractivity contribution >= 4 is 39.9 Å². The van der Waals surface area contributed by atoms with Gasteiger partial charge in [0, 0.05) is 16.1 Å². The molecule has 8 heteroatoms. The van der Waals surface area contributed by atoms with Gasteiger partial charge in [0.2, 0.25) is 5.78 Å². The summed E-state index contributed by atoms with van der Waals surface area (Å²) in [5.41, 5.74) is 1.08. The molecule has 2 heterocycles. The SMILES string of the molecule is COc1ccc(C2C(C(=O)c3cc4ccccc4o3)=C(O)C(=O)N2c2cccc(Cl)c2)cc1O. The molecule has 1 aliphatic heterocycles. The molecule has 1 amide bonds. The number of ether oxygens (including phenoxy) is 1. The number of amides is 1. The third-order valence-corrected chi connectivity index (χ3v) is 5.94. The Kier molecular flexibility index (Phi) is 5.26. The number of aromatic hydroxyl groups is 1. The number of nitrogens with zero attached hydrogens (tertiary/aromatic N) is 1. The molecule has 0 radical (unpaired) electrons. The molecule has 170 valence electrons. The molecule has 1 unspecified atom stereocenters. The largest absolute Gasteiger partial charge is 0.504 e. The van der Waals surface area contributed by atoms with Crippen molar-refractivity contribution in [1.82, 2.24) is 0 Å². The maximum Gasteiger partial charge on any atom is 0.294 e. The fraction of sp³-hybridized carbons (Fsp3) is 0.0769. The molecular weight excluding hydrogens is 458 g/mol. The van der Waals surface area contributed by atoms with Gasteiger partial charge in [-0.1, -0.05) is 41.9 Å². The number of furan rings is 1. The maximum absolute atomic E-state index is 13.6. The van der Waals surface area contributed by atoms with Crippen molar-refractivity contribution in [2.24, 2.45) is 0 Å². The molecule has 1 aliphatic rings. The van der Waals surface area contributed by atoms with Gasteiger partial charge in [0.15, 0.2) is 23.0 Å². The highest BCUT2D eigenvalue weighted by atomic mass is 35.5. The molecule has 4 aromatic rings. The van der Waals surface area contributed by atoms with Crippen LogP contribution in [0.5, 0.6) is 11.5 Å². The Morgan fingerprint density at radius 1 is 1.03 bits per heavy atom. The van der Waals surface area contributed by atoms with Gasteiger partial charge in [-0.15, -0.1) is 0 Å². The number of hydrogen-bond acceptors (Lipinski definition) is 6. The first-order valence-electron chi connectivity index (χ1n) is 10.3. The standard InChI is InChI=1S/C26H18ClNO6/c1-33-20-10-9-15(11-18(20)29)23-22(24(30)21-12-14-5-2-3-8-19(14)34-21)25(31)26(32)28(23)17-7-4-6-16(27)13-17/h2-13,23,29,31H,1H3. The Morgan fingerprint density at radius 3 is 2.53 bits per heavy atom. The molecule has 0 bridgehead atoms. The number of ketones is 1. The van der Waals surface area contributed by atoms with Crippen molar-refractivity contribution in [2.75, 3.05) is 12.0 Å². The summed E-state index contributed by atoms with van der Waals surface area (Å²) in [6.45, 7) is 0. The van der Waals surface area contributed by atoms with Crippen LogP contribution in [0, 0.1) is 0 Å².